The zero-order valence-corrected chi connectivity index (χ0v) is 16.4. The average Bonchev–Trinajstić information content (AvgIpc) is 2.75. The summed E-state index contributed by atoms with van der Waals surface area (Å²) in [4.78, 5) is 38.1. The predicted molar refractivity (Wildman–Crippen MR) is 105 cm³/mol. The van der Waals surface area contributed by atoms with Crippen molar-refractivity contribution in [3.63, 3.8) is 0 Å². The summed E-state index contributed by atoms with van der Waals surface area (Å²) in [7, 11) is 2.75. The summed E-state index contributed by atoms with van der Waals surface area (Å²) in [6, 6.07) is 12.1. The predicted octanol–water partition coefficient (Wildman–Crippen LogP) is 1.91. The van der Waals surface area contributed by atoms with Crippen LogP contribution in [0.15, 0.2) is 42.5 Å². The van der Waals surface area contributed by atoms with Crippen molar-refractivity contribution in [3.8, 4) is 11.5 Å². The molecule has 2 amide bonds. The Morgan fingerprint density at radius 1 is 1.17 bits per heavy atom. The monoisotopic (exact) mass is 398 g/mol. The minimum Gasteiger partial charge on any atom is -0.496 e. The molecular weight excluding hydrogens is 376 g/mol. The van der Waals surface area contributed by atoms with E-state index in [0.29, 0.717) is 22.7 Å². The summed E-state index contributed by atoms with van der Waals surface area (Å²) in [5.74, 6) is -0.195. The van der Waals surface area contributed by atoms with Gasteiger partial charge in [0.25, 0.3) is 5.91 Å². The highest BCUT2D eigenvalue weighted by atomic mass is 16.5. The van der Waals surface area contributed by atoms with E-state index in [0.717, 1.165) is 0 Å². The van der Waals surface area contributed by atoms with Gasteiger partial charge in [-0.25, -0.2) is 4.79 Å². The van der Waals surface area contributed by atoms with Gasteiger partial charge in [0.1, 0.15) is 17.1 Å². The molecule has 0 aromatic heterocycles. The van der Waals surface area contributed by atoms with Gasteiger partial charge in [-0.2, -0.15) is 0 Å². The Balaban J connectivity index is 1.71. The lowest BCUT2D eigenvalue weighted by Gasteiger charge is -2.33. The highest BCUT2D eigenvalue weighted by Gasteiger charge is 2.32. The third-order valence-electron chi connectivity index (χ3n) is 4.58. The maximum atomic E-state index is 12.7. The summed E-state index contributed by atoms with van der Waals surface area (Å²) in [6.07, 6.45) is -0.841. The molecule has 8 nitrogen and oxygen atoms in total. The van der Waals surface area contributed by atoms with Gasteiger partial charge >= 0.3 is 5.97 Å². The number of nitrogens with zero attached hydrogens (tertiary/aromatic N) is 1. The third-order valence-corrected chi connectivity index (χ3v) is 4.58. The van der Waals surface area contributed by atoms with Crippen LogP contribution < -0.4 is 19.7 Å². The van der Waals surface area contributed by atoms with Crippen molar-refractivity contribution in [1.29, 1.82) is 0 Å². The minimum absolute atomic E-state index is 0.119. The summed E-state index contributed by atoms with van der Waals surface area (Å²) < 4.78 is 15.7. The molecule has 0 unspecified atom stereocenters. The first-order chi connectivity index (χ1) is 13.9. The molecule has 29 heavy (non-hydrogen) atoms. The van der Waals surface area contributed by atoms with Gasteiger partial charge in [-0.15, -0.1) is 0 Å². The number of methoxy groups -OCH3 is 2. The lowest BCUT2D eigenvalue weighted by molar-refractivity contribution is -0.128. The van der Waals surface area contributed by atoms with Gasteiger partial charge in [0.15, 0.2) is 6.10 Å². The summed E-state index contributed by atoms with van der Waals surface area (Å²) in [5.41, 5.74) is 1.61. The normalized spacial score (nSPS) is 15.0. The number of esters is 1. The SMILES string of the molecule is COC(=O)c1cc(CNC(=O)[C@H]2CN(C(C)=O)c3ccccc3O2)ccc1OC. The molecule has 0 spiro atoms. The molecule has 0 saturated carbocycles. The van der Waals surface area contributed by atoms with Crippen LogP contribution in [-0.4, -0.2) is 44.7 Å². The Kier molecular flexibility index (Phi) is 6.01. The molecule has 1 aliphatic rings. The van der Waals surface area contributed by atoms with Crippen molar-refractivity contribution in [2.45, 2.75) is 19.6 Å². The molecule has 152 valence electrons. The number of nitrogens with one attached hydrogen (secondary N) is 1. The smallest absolute Gasteiger partial charge is 0.341 e. The Hall–Kier alpha value is -3.55. The molecule has 0 radical (unpaired) electrons. The number of anilines is 1. The fourth-order valence-electron chi connectivity index (χ4n) is 3.11. The van der Waals surface area contributed by atoms with Crippen LogP contribution in [0.4, 0.5) is 5.69 Å². The third kappa shape index (κ3) is 4.31. The second-order valence-corrected chi connectivity index (χ2v) is 6.45. The van der Waals surface area contributed by atoms with Gasteiger partial charge in [0.05, 0.1) is 26.5 Å². The van der Waals surface area contributed by atoms with Crippen LogP contribution in [0.3, 0.4) is 0 Å². The number of ether oxygens (including phenoxy) is 3. The van der Waals surface area contributed by atoms with E-state index >= 15 is 0 Å². The molecular formula is C21H22N2O6. The number of amides is 2. The highest BCUT2D eigenvalue weighted by molar-refractivity contribution is 5.96. The van der Waals surface area contributed by atoms with E-state index in [4.69, 9.17) is 14.2 Å². The highest BCUT2D eigenvalue weighted by Crippen LogP contribution is 2.33. The molecule has 1 heterocycles. The zero-order valence-electron chi connectivity index (χ0n) is 16.4. The summed E-state index contributed by atoms with van der Waals surface area (Å²) in [5, 5.41) is 2.79. The van der Waals surface area contributed by atoms with E-state index in [1.807, 2.05) is 0 Å². The van der Waals surface area contributed by atoms with Crippen LogP contribution in [0.25, 0.3) is 0 Å². The maximum absolute atomic E-state index is 12.7. The number of carbonyl (C=O) groups is 3. The van der Waals surface area contributed by atoms with E-state index in [2.05, 4.69) is 5.32 Å². The standard InChI is InChI=1S/C21H22N2O6/c1-13(24)23-12-19(29-18-7-5-4-6-16(18)23)20(25)22-11-14-8-9-17(27-2)15(10-14)21(26)28-3/h4-10,19H,11-12H2,1-3H3,(H,22,25)/t19-/m1/s1. The van der Waals surface area contributed by atoms with Gasteiger partial charge < -0.3 is 24.4 Å². The molecule has 1 N–H and O–H groups in total. The van der Waals surface area contributed by atoms with E-state index in [-0.39, 0.29) is 30.5 Å². The van der Waals surface area contributed by atoms with Crippen LogP contribution >= 0.6 is 0 Å². The van der Waals surface area contributed by atoms with Crippen molar-refractivity contribution < 1.29 is 28.6 Å². The van der Waals surface area contributed by atoms with Gasteiger partial charge in [-0.3, -0.25) is 9.59 Å². The van der Waals surface area contributed by atoms with Crippen molar-refractivity contribution in [2.24, 2.45) is 0 Å². The van der Waals surface area contributed by atoms with Crippen LogP contribution in [0.2, 0.25) is 0 Å². The summed E-state index contributed by atoms with van der Waals surface area (Å²) >= 11 is 0. The van der Waals surface area contributed by atoms with Gasteiger partial charge in [0, 0.05) is 13.5 Å². The molecule has 1 atom stereocenters. The first-order valence-electron chi connectivity index (χ1n) is 9.01. The molecule has 8 heteroatoms. The molecule has 1 aliphatic heterocycles. The molecule has 3 rings (SSSR count). The van der Waals surface area contributed by atoms with Crippen LogP contribution in [0.1, 0.15) is 22.8 Å². The maximum Gasteiger partial charge on any atom is 0.341 e. The van der Waals surface area contributed by atoms with Gasteiger partial charge in [-0.05, 0) is 29.8 Å². The van der Waals surface area contributed by atoms with Crippen LogP contribution in [0, 0.1) is 0 Å². The second kappa shape index (κ2) is 8.64. The lowest BCUT2D eigenvalue weighted by Crippen LogP contribution is -2.50. The first-order valence-corrected chi connectivity index (χ1v) is 9.01. The summed E-state index contributed by atoms with van der Waals surface area (Å²) in [6.45, 7) is 1.74. The largest absolute Gasteiger partial charge is 0.496 e. The Morgan fingerprint density at radius 2 is 1.93 bits per heavy atom. The number of hydrogen-bond acceptors (Lipinski definition) is 6. The number of hydrogen-bond donors (Lipinski definition) is 1. The Labute approximate surface area is 168 Å². The van der Waals surface area contributed by atoms with Crippen LogP contribution in [0.5, 0.6) is 11.5 Å². The molecule has 0 fully saturated rings. The van der Waals surface area contributed by atoms with E-state index in [1.54, 1.807) is 42.5 Å². The van der Waals surface area contributed by atoms with E-state index < -0.39 is 12.1 Å². The number of benzene rings is 2. The number of para-hydroxylation sites is 2. The molecule has 0 saturated heterocycles. The van der Waals surface area contributed by atoms with E-state index in [1.165, 1.54) is 26.0 Å². The average molecular weight is 398 g/mol. The second-order valence-electron chi connectivity index (χ2n) is 6.45. The minimum atomic E-state index is -0.841. The number of rotatable bonds is 5. The van der Waals surface area contributed by atoms with Crippen molar-refractivity contribution in [3.05, 3.63) is 53.6 Å². The topological polar surface area (TPSA) is 94.2 Å². The molecule has 2 aromatic carbocycles. The van der Waals surface area contributed by atoms with Crippen molar-refractivity contribution >= 4 is 23.5 Å². The Morgan fingerprint density at radius 3 is 2.62 bits per heavy atom. The van der Waals surface area contributed by atoms with E-state index in [9.17, 15) is 14.4 Å². The lowest BCUT2D eigenvalue weighted by atomic mass is 10.1. The molecule has 2 aromatic rings. The number of carbonyl (C=O) groups excluding carboxylic acids is 3. The van der Waals surface area contributed by atoms with Crippen molar-refractivity contribution in [2.75, 3.05) is 25.7 Å². The zero-order chi connectivity index (χ0) is 21.0. The van der Waals surface area contributed by atoms with Gasteiger partial charge in [0.2, 0.25) is 5.91 Å². The van der Waals surface area contributed by atoms with Crippen LogP contribution in [-0.2, 0) is 20.9 Å². The van der Waals surface area contributed by atoms with Gasteiger partial charge in [-0.1, -0.05) is 18.2 Å². The molecule has 0 bridgehead atoms. The fraction of sp³-hybridized carbons (Fsp3) is 0.286. The number of fused-ring (bicyclic) bond motifs is 1. The Bertz CT molecular complexity index is 943. The van der Waals surface area contributed by atoms with Crippen molar-refractivity contribution in [1.82, 2.24) is 5.32 Å². The first kappa shape index (κ1) is 20.2. The quantitative estimate of drug-likeness (QED) is 0.774. The fourth-order valence-corrected chi connectivity index (χ4v) is 3.11. The molecule has 0 aliphatic carbocycles.